The molecule has 0 spiro atoms. The number of hydrogen-bond acceptors (Lipinski definition) is 4. The second kappa shape index (κ2) is 10.9. The second-order valence-corrected chi connectivity index (χ2v) is 11.9. The molecule has 0 saturated carbocycles. The van der Waals surface area contributed by atoms with Gasteiger partial charge < -0.3 is 5.11 Å². The highest BCUT2D eigenvalue weighted by Gasteiger charge is 2.26. The molecule has 0 fully saturated rings. The lowest BCUT2D eigenvalue weighted by molar-refractivity contribution is 0.238. The largest absolute Gasteiger partial charge is 0.507 e. The smallest absolute Gasteiger partial charge is 0.123 e. The predicted octanol–water partition coefficient (Wildman–Crippen LogP) is 7.65. The van der Waals surface area contributed by atoms with Crippen LogP contribution in [0.4, 0.5) is 0 Å². The molecule has 4 heteroatoms. The van der Waals surface area contributed by atoms with Crippen LogP contribution in [-0.2, 0) is 30.5 Å². The Bertz CT molecular complexity index is 1320. The van der Waals surface area contributed by atoms with Crippen molar-refractivity contribution in [2.45, 2.75) is 72.0 Å². The van der Waals surface area contributed by atoms with Gasteiger partial charge in [0.2, 0.25) is 0 Å². The number of aromatic hydroxyl groups is 1. The first kappa shape index (κ1) is 26.6. The lowest BCUT2D eigenvalue weighted by atomic mass is 9.79. The van der Waals surface area contributed by atoms with E-state index in [1.165, 1.54) is 5.56 Å². The van der Waals surface area contributed by atoms with Crippen LogP contribution >= 0.6 is 0 Å². The first-order valence-corrected chi connectivity index (χ1v) is 13.0. The van der Waals surface area contributed by atoms with Crippen molar-refractivity contribution in [1.82, 2.24) is 14.9 Å². The number of hydrogen-bond donors (Lipinski definition) is 1. The van der Waals surface area contributed by atoms with E-state index in [1.807, 2.05) is 42.6 Å². The molecule has 0 aliphatic carbocycles. The third-order valence-electron chi connectivity index (χ3n) is 6.63. The predicted molar refractivity (Wildman–Crippen MR) is 152 cm³/mol. The van der Waals surface area contributed by atoms with Crippen LogP contribution in [0.5, 0.6) is 5.75 Å². The molecule has 0 aliphatic rings. The number of benzene rings is 2. The maximum absolute atomic E-state index is 11.4. The average Bonchev–Trinajstić information content (AvgIpc) is 2.85. The van der Waals surface area contributed by atoms with Crippen molar-refractivity contribution in [1.29, 1.82) is 0 Å². The van der Waals surface area contributed by atoms with Crippen LogP contribution in [0, 0.1) is 0 Å². The minimum atomic E-state index is -0.169. The molecule has 2 aromatic carbocycles. The van der Waals surface area contributed by atoms with Crippen LogP contribution in [-0.4, -0.2) is 20.0 Å². The summed E-state index contributed by atoms with van der Waals surface area (Å²) in [7, 11) is 0. The number of aromatic nitrogens is 2. The summed E-state index contributed by atoms with van der Waals surface area (Å²) in [5, 5.41) is 11.4. The molecular weight excluding hydrogens is 454 g/mol. The van der Waals surface area contributed by atoms with Crippen molar-refractivity contribution >= 4 is 0 Å². The van der Waals surface area contributed by atoms with Gasteiger partial charge in [-0.1, -0.05) is 96.1 Å². The Morgan fingerprint density at radius 1 is 0.703 bits per heavy atom. The standard InChI is InChI=1S/C33H39N3O/c1-32(2,3)26-19-25(31(37)29(20-26)33(4,5)6)21-36(22-27-15-10-11-18-34-27)23-28-16-12-17-30(35-28)24-13-8-7-9-14-24/h7-20,37H,21-23H2,1-6H3. The quantitative estimate of drug-likeness (QED) is 0.287. The minimum Gasteiger partial charge on any atom is -0.507 e. The summed E-state index contributed by atoms with van der Waals surface area (Å²) in [5.74, 6) is 0.387. The Kier molecular flexibility index (Phi) is 7.79. The lowest BCUT2D eigenvalue weighted by Crippen LogP contribution is -2.25. The van der Waals surface area contributed by atoms with Gasteiger partial charge in [-0.3, -0.25) is 14.9 Å². The van der Waals surface area contributed by atoms with Crippen LogP contribution in [0.3, 0.4) is 0 Å². The van der Waals surface area contributed by atoms with Crippen molar-refractivity contribution in [3.8, 4) is 17.0 Å². The minimum absolute atomic E-state index is 0.0279. The van der Waals surface area contributed by atoms with E-state index in [2.05, 4.69) is 93.9 Å². The molecule has 4 aromatic rings. The fraction of sp³-hybridized carbons (Fsp3) is 0.333. The van der Waals surface area contributed by atoms with Gasteiger partial charge in [-0.2, -0.15) is 0 Å². The summed E-state index contributed by atoms with van der Waals surface area (Å²) in [6.45, 7) is 15.0. The molecule has 2 heterocycles. The number of pyridine rings is 2. The number of phenols is 1. The SMILES string of the molecule is CC(C)(C)c1cc(CN(Cc2ccccn2)Cc2cccc(-c3ccccc3)n2)c(O)c(C(C)(C)C)c1. The van der Waals surface area contributed by atoms with Gasteiger partial charge in [-0.25, -0.2) is 0 Å². The van der Waals surface area contributed by atoms with Crippen LogP contribution in [0.15, 0.2) is 85.1 Å². The molecule has 2 aromatic heterocycles. The molecule has 4 rings (SSSR count). The fourth-order valence-electron chi connectivity index (χ4n) is 4.52. The van der Waals surface area contributed by atoms with Gasteiger partial charge in [0.25, 0.3) is 0 Å². The van der Waals surface area contributed by atoms with Crippen molar-refractivity contribution in [3.05, 3.63) is 113 Å². The van der Waals surface area contributed by atoms with Crippen molar-refractivity contribution < 1.29 is 5.11 Å². The van der Waals surface area contributed by atoms with Crippen LogP contribution < -0.4 is 0 Å². The molecule has 0 bridgehead atoms. The Hall–Kier alpha value is -3.50. The van der Waals surface area contributed by atoms with E-state index < -0.39 is 0 Å². The molecular formula is C33H39N3O. The van der Waals surface area contributed by atoms with Gasteiger partial charge in [-0.15, -0.1) is 0 Å². The Morgan fingerprint density at radius 2 is 1.38 bits per heavy atom. The highest BCUT2D eigenvalue weighted by atomic mass is 16.3. The summed E-state index contributed by atoms with van der Waals surface area (Å²) >= 11 is 0. The maximum atomic E-state index is 11.4. The van der Waals surface area contributed by atoms with Gasteiger partial charge in [0.05, 0.1) is 17.1 Å². The zero-order chi connectivity index (χ0) is 26.6. The van der Waals surface area contributed by atoms with Crippen LogP contribution in [0.2, 0.25) is 0 Å². The average molecular weight is 494 g/mol. The summed E-state index contributed by atoms with van der Waals surface area (Å²) in [5.41, 5.74) is 6.99. The molecule has 37 heavy (non-hydrogen) atoms. The molecule has 192 valence electrons. The van der Waals surface area contributed by atoms with Crippen molar-refractivity contribution in [2.75, 3.05) is 0 Å². The van der Waals surface area contributed by atoms with E-state index in [1.54, 1.807) is 0 Å². The lowest BCUT2D eigenvalue weighted by Gasteiger charge is -2.29. The highest BCUT2D eigenvalue weighted by Crippen LogP contribution is 2.38. The van der Waals surface area contributed by atoms with Gasteiger partial charge in [0.15, 0.2) is 0 Å². The van der Waals surface area contributed by atoms with Crippen molar-refractivity contribution in [3.63, 3.8) is 0 Å². The third kappa shape index (κ3) is 6.84. The number of phenolic OH excluding ortho intramolecular Hbond substituents is 1. The van der Waals surface area contributed by atoms with Crippen molar-refractivity contribution in [2.24, 2.45) is 0 Å². The maximum Gasteiger partial charge on any atom is 0.123 e. The Labute approximate surface area is 222 Å². The van der Waals surface area contributed by atoms with Crippen LogP contribution in [0.1, 0.15) is 69.6 Å². The second-order valence-electron chi connectivity index (χ2n) is 11.9. The topological polar surface area (TPSA) is 49.2 Å². The molecule has 0 radical (unpaired) electrons. The number of rotatable bonds is 7. The molecule has 0 atom stereocenters. The molecule has 0 unspecified atom stereocenters. The summed E-state index contributed by atoms with van der Waals surface area (Å²) in [6, 6.07) is 26.8. The number of nitrogens with zero attached hydrogens (tertiary/aromatic N) is 3. The van der Waals surface area contributed by atoms with E-state index >= 15 is 0 Å². The first-order valence-electron chi connectivity index (χ1n) is 13.0. The van der Waals surface area contributed by atoms with Gasteiger partial charge in [0.1, 0.15) is 5.75 Å². The summed E-state index contributed by atoms with van der Waals surface area (Å²) in [4.78, 5) is 11.9. The normalized spacial score (nSPS) is 12.2. The fourth-order valence-corrected chi connectivity index (χ4v) is 4.52. The highest BCUT2D eigenvalue weighted by molar-refractivity contribution is 5.58. The monoisotopic (exact) mass is 493 g/mol. The molecule has 4 nitrogen and oxygen atoms in total. The molecule has 0 aliphatic heterocycles. The summed E-state index contributed by atoms with van der Waals surface area (Å²) in [6.07, 6.45) is 1.83. The van der Waals surface area contributed by atoms with E-state index in [-0.39, 0.29) is 10.8 Å². The van der Waals surface area contributed by atoms with E-state index in [0.29, 0.717) is 25.4 Å². The van der Waals surface area contributed by atoms with E-state index in [9.17, 15) is 5.11 Å². The third-order valence-corrected chi connectivity index (χ3v) is 6.63. The van der Waals surface area contributed by atoms with E-state index in [4.69, 9.17) is 4.98 Å². The Morgan fingerprint density at radius 3 is 2.03 bits per heavy atom. The molecule has 1 N–H and O–H groups in total. The van der Waals surface area contributed by atoms with Crippen LogP contribution in [0.25, 0.3) is 11.3 Å². The first-order chi connectivity index (χ1) is 17.5. The van der Waals surface area contributed by atoms with Gasteiger partial charge in [-0.05, 0) is 46.2 Å². The van der Waals surface area contributed by atoms with Gasteiger partial charge in [0, 0.05) is 37.0 Å². The zero-order valence-electron chi connectivity index (χ0n) is 23.0. The Balaban J connectivity index is 1.72. The summed E-state index contributed by atoms with van der Waals surface area (Å²) < 4.78 is 0. The molecule has 0 amide bonds. The zero-order valence-corrected chi connectivity index (χ0v) is 23.0. The molecule has 0 saturated heterocycles. The van der Waals surface area contributed by atoms with Gasteiger partial charge >= 0.3 is 0 Å². The van der Waals surface area contributed by atoms with E-state index in [0.717, 1.165) is 33.8 Å².